The summed E-state index contributed by atoms with van der Waals surface area (Å²) >= 11 is 0. The highest BCUT2D eigenvalue weighted by Crippen LogP contribution is 2.51. The zero-order chi connectivity index (χ0) is 22.8. The van der Waals surface area contributed by atoms with E-state index in [0.717, 1.165) is 0 Å². The summed E-state index contributed by atoms with van der Waals surface area (Å²) in [6, 6.07) is 13.7. The van der Waals surface area contributed by atoms with Crippen molar-refractivity contribution >= 4 is 5.97 Å². The van der Waals surface area contributed by atoms with Crippen LogP contribution in [0, 0.1) is 15.5 Å². The second-order valence-corrected chi connectivity index (χ2v) is 8.50. The number of cyclic esters (lactones) is 1. The topological polar surface area (TPSA) is 97.1 Å². The Morgan fingerprint density at radius 3 is 2.32 bits per heavy atom. The van der Waals surface area contributed by atoms with E-state index in [2.05, 4.69) is 0 Å². The Morgan fingerprint density at radius 2 is 1.81 bits per heavy atom. The summed E-state index contributed by atoms with van der Waals surface area (Å²) < 4.78 is 22.7. The number of hydrogen-bond acceptors (Lipinski definition) is 7. The van der Waals surface area contributed by atoms with E-state index in [1.807, 2.05) is 20.8 Å². The molecule has 8 heteroatoms. The lowest BCUT2D eigenvalue weighted by Crippen LogP contribution is -2.44. The maximum atomic E-state index is 13.4. The zero-order valence-electron chi connectivity index (χ0n) is 18.3. The number of carbonyl (C=O) groups is 1. The minimum atomic E-state index is -1.71. The van der Waals surface area contributed by atoms with E-state index < -0.39 is 40.7 Å². The number of hydrogen-bond donors (Lipinski definition) is 0. The molecular formula is C23H27NO7. The Balaban J connectivity index is 2.26. The van der Waals surface area contributed by atoms with Gasteiger partial charge in [0, 0.05) is 22.0 Å². The minimum Gasteiger partial charge on any atom is -0.497 e. The van der Waals surface area contributed by atoms with Gasteiger partial charge in [0.1, 0.15) is 11.5 Å². The van der Waals surface area contributed by atoms with Gasteiger partial charge in [0.05, 0.1) is 20.1 Å². The third kappa shape index (κ3) is 4.20. The van der Waals surface area contributed by atoms with Crippen LogP contribution in [-0.4, -0.2) is 37.9 Å². The van der Waals surface area contributed by atoms with Crippen molar-refractivity contribution in [1.82, 2.24) is 0 Å². The Hall–Kier alpha value is -3.13. The highest BCUT2D eigenvalue weighted by atomic mass is 16.8. The molecule has 0 saturated carbocycles. The van der Waals surface area contributed by atoms with Crippen molar-refractivity contribution in [2.45, 2.75) is 38.6 Å². The Bertz CT molecular complexity index is 954. The van der Waals surface area contributed by atoms with E-state index >= 15 is 0 Å². The molecule has 0 radical (unpaired) electrons. The molecule has 1 aliphatic rings. The maximum absolute atomic E-state index is 13.4. The molecule has 0 N–H and O–H groups in total. The number of nitro groups is 1. The number of carbonyl (C=O) groups excluding carboxylic acids is 1. The van der Waals surface area contributed by atoms with Crippen molar-refractivity contribution in [3.8, 4) is 11.5 Å². The summed E-state index contributed by atoms with van der Waals surface area (Å²) in [5.41, 5.74) is -1.31. The fourth-order valence-electron chi connectivity index (χ4n) is 3.78. The van der Waals surface area contributed by atoms with Crippen molar-refractivity contribution in [3.05, 3.63) is 69.8 Å². The average Bonchev–Trinajstić information content (AvgIpc) is 3.10. The van der Waals surface area contributed by atoms with Gasteiger partial charge in [-0.15, -0.1) is 0 Å². The van der Waals surface area contributed by atoms with E-state index in [-0.39, 0.29) is 0 Å². The lowest BCUT2D eigenvalue weighted by Gasteiger charge is -2.34. The van der Waals surface area contributed by atoms with Gasteiger partial charge in [0.25, 0.3) is 0 Å². The van der Waals surface area contributed by atoms with Gasteiger partial charge >= 0.3 is 5.97 Å². The van der Waals surface area contributed by atoms with Gasteiger partial charge in [0.15, 0.2) is 0 Å². The fourth-order valence-corrected chi connectivity index (χ4v) is 3.78. The van der Waals surface area contributed by atoms with E-state index in [4.69, 9.17) is 18.9 Å². The van der Waals surface area contributed by atoms with Gasteiger partial charge in [-0.2, -0.15) is 0 Å². The standard InChI is InChI=1S/C23H27NO7/c1-22(2,3)21-30-20(25)23(31-21,15-9-7-6-8-10-15)18(14-24(26)27)17-12-11-16(28-4)13-19(17)29-5/h6-13,18,21H,14H2,1-5H3/t18-,21+,23+/m0/s1. The van der Waals surface area contributed by atoms with Crippen LogP contribution in [0.15, 0.2) is 48.5 Å². The van der Waals surface area contributed by atoms with Crippen LogP contribution in [0.4, 0.5) is 0 Å². The summed E-state index contributed by atoms with van der Waals surface area (Å²) in [5, 5.41) is 11.8. The predicted octanol–water partition coefficient (Wildman–Crippen LogP) is 3.91. The van der Waals surface area contributed by atoms with Crippen LogP contribution in [0.5, 0.6) is 11.5 Å². The number of methoxy groups -OCH3 is 2. The van der Waals surface area contributed by atoms with Gasteiger partial charge in [-0.25, -0.2) is 4.79 Å². The molecule has 1 heterocycles. The average molecular weight is 429 g/mol. The number of rotatable bonds is 7. The first-order chi connectivity index (χ1) is 14.6. The highest BCUT2D eigenvalue weighted by molar-refractivity contribution is 5.85. The number of ether oxygens (including phenoxy) is 4. The third-order valence-electron chi connectivity index (χ3n) is 5.36. The first-order valence-corrected chi connectivity index (χ1v) is 9.91. The molecule has 2 aromatic rings. The summed E-state index contributed by atoms with van der Waals surface area (Å²) in [6.45, 7) is 5.07. The molecule has 0 spiro atoms. The Morgan fingerprint density at radius 1 is 1.13 bits per heavy atom. The third-order valence-corrected chi connectivity index (χ3v) is 5.36. The fraction of sp³-hybridized carbons (Fsp3) is 0.435. The molecule has 2 aromatic carbocycles. The smallest absolute Gasteiger partial charge is 0.346 e. The Kier molecular flexibility index (Phi) is 6.22. The van der Waals surface area contributed by atoms with Crippen LogP contribution in [0.3, 0.4) is 0 Å². The van der Waals surface area contributed by atoms with E-state index in [9.17, 15) is 14.9 Å². The van der Waals surface area contributed by atoms with Crippen LogP contribution >= 0.6 is 0 Å². The van der Waals surface area contributed by atoms with Gasteiger partial charge in [-0.3, -0.25) is 10.1 Å². The quantitative estimate of drug-likeness (QED) is 0.374. The molecule has 0 aliphatic carbocycles. The van der Waals surface area contributed by atoms with Gasteiger partial charge < -0.3 is 18.9 Å². The summed E-state index contributed by atoms with van der Waals surface area (Å²) in [4.78, 5) is 24.7. The largest absolute Gasteiger partial charge is 0.497 e. The maximum Gasteiger partial charge on any atom is 0.346 e. The number of esters is 1. The molecule has 0 bridgehead atoms. The van der Waals surface area contributed by atoms with Crippen LogP contribution in [0.25, 0.3) is 0 Å². The normalized spacial score (nSPS) is 22.0. The molecule has 0 unspecified atom stereocenters. The monoisotopic (exact) mass is 429 g/mol. The number of nitrogens with zero attached hydrogens (tertiary/aromatic N) is 1. The van der Waals surface area contributed by atoms with Crippen LogP contribution < -0.4 is 9.47 Å². The second kappa shape index (κ2) is 8.55. The molecule has 1 aliphatic heterocycles. The summed E-state index contributed by atoms with van der Waals surface area (Å²) in [7, 11) is 2.97. The predicted molar refractivity (Wildman–Crippen MR) is 113 cm³/mol. The zero-order valence-corrected chi connectivity index (χ0v) is 18.3. The van der Waals surface area contributed by atoms with Crippen molar-refractivity contribution in [2.75, 3.05) is 20.8 Å². The lowest BCUT2D eigenvalue weighted by molar-refractivity contribution is -0.487. The van der Waals surface area contributed by atoms with Crippen molar-refractivity contribution in [1.29, 1.82) is 0 Å². The minimum absolute atomic E-state index is 0.358. The van der Waals surface area contributed by atoms with Gasteiger partial charge in [0.2, 0.25) is 18.4 Å². The molecule has 0 aromatic heterocycles. The van der Waals surface area contributed by atoms with Crippen LogP contribution in [0.2, 0.25) is 0 Å². The van der Waals surface area contributed by atoms with E-state index in [1.165, 1.54) is 14.2 Å². The van der Waals surface area contributed by atoms with E-state index in [1.54, 1.807) is 48.5 Å². The van der Waals surface area contributed by atoms with Gasteiger partial charge in [-0.05, 0) is 11.6 Å². The molecule has 8 nitrogen and oxygen atoms in total. The summed E-state index contributed by atoms with van der Waals surface area (Å²) in [6.07, 6.45) is -0.876. The first-order valence-electron chi connectivity index (χ1n) is 9.91. The van der Waals surface area contributed by atoms with Crippen molar-refractivity contribution in [2.24, 2.45) is 5.41 Å². The molecule has 0 amide bonds. The second-order valence-electron chi connectivity index (χ2n) is 8.50. The van der Waals surface area contributed by atoms with Crippen LogP contribution in [0.1, 0.15) is 37.8 Å². The highest BCUT2D eigenvalue weighted by Gasteiger charge is 2.61. The van der Waals surface area contributed by atoms with E-state index in [0.29, 0.717) is 22.6 Å². The molecule has 166 valence electrons. The van der Waals surface area contributed by atoms with Crippen molar-refractivity contribution in [3.63, 3.8) is 0 Å². The Labute approximate surface area is 181 Å². The molecule has 3 atom stereocenters. The first kappa shape index (κ1) is 22.6. The molecule has 1 fully saturated rings. The molecule has 31 heavy (non-hydrogen) atoms. The molecule has 3 rings (SSSR count). The van der Waals surface area contributed by atoms with Crippen LogP contribution in [-0.2, 0) is 19.9 Å². The number of benzene rings is 2. The SMILES string of the molecule is COc1ccc([C@H](C[N+](=O)[O-])[C@@]2(c3ccccc3)O[C@H](C(C)(C)C)OC2=O)c(OC)c1. The molecular weight excluding hydrogens is 402 g/mol. The summed E-state index contributed by atoms with van der Waals surface area (Å²) in [5.74, 6) is -0.789. The van der Waals surface area contributed by atoms with Crippen molar-refractivity contribution < 1.29 is 28.7 Å². The molecule has 1 saturated heterocycles. The van der Waals surface area contributed by atoms with Gasteiger partial charge in [-0.1, -0.05) is 57.2 Å². The lowest BCUT2D eigenvalue weighted by atomic mass is 9.76.